The predicted molar refractivity (Wildman–Crippen MR) is 114 cm³/mol. The van der Waals surface area contributed by atoms with Crippen molar-refractivity contribution in [1.82, 2.24) is 25.1 Å². The Bertz CT molecular complexity index is 1060. The van der Waals surface area contributed by atoms with Crippen LogP contribution >= 0.6 is 11.6 Å². The molecule has 0 bridgehead atoms. The highest BCUT2D eigenvalue weighted by Gasteiger charge is 2.27. The second kappa shape index (κ2) is 9.22. The number of aromatic amines is 1. The molecule has 0 aliphatic carbocycles. The fourth-order valence-electron chi connectivity index (χ4n) is 3.48. The van der Waals surface area contributed by atoms with Gasteiger partial charge in [-0.15, -0.1) is 0 Å². The number of rotatable bonds is 6. The zero-order chi connectivity index (χ0) is 21.8. The van der Waals surface area contributed by atoms with Crippen molar-refractivity contribution in [3.8, 4) is 28.8 Å². The summed E-state index contributed by atoms with van der Waals surface area (Å²) in [5.41, 5.74) is 1.72. The molecule has 10 heteroatoms. The number of hydrogen-bond acceptors (Lipinski definition) is 7. The van der Waals surface area contributed by atoms with Crippen molar-refractivity contribution >= 4 is 17.5 Å². The topological polar surface area (TPSA) is 102 Å². The van der Waals surface area contributed by atoms with Gasteiger partial charge in [-0.05, 0) is 37.1 Å². The van der Waals surface area contributed by atoms with Crippen LogP contribution in [0, 0.1) is 0 Å². The molecule has 1 saturated heterocycles. The van der Waals surface area contributed by atoms with E-state index < -0.39 is 0 Å². The Balaban J connectivity index is 1.47. The van der Waals surface area contributed by atoms with Crippen LogP contribution in [0.3, 0.4) is 0 Å². The minimum atomic E-state index is -0.195. The molecule has 9 nitrogen and oxygen atoms in total. The average Bonchev–Trinajstić information content (AvgIpc) is 3.30. The van der Waals surface area contributed by atoms with Crippen LogP contribution in [-0.2, 0) is 0 Å². The minimum absolute atomic E-state index is 0.147. The first kappa shape index (κ1) is 20.9. The molecule has 31 heavy (non-hydrogen) atoms. The van der Waals surface area contributed by atoms with E-state index in [1.165, 1.54) is 12.4 Å². The van der Waals surface area contributed by atoms with Gasteiger partial charge in [0.05, 0.1) is 43.9 Å². The van der Waals surface area contributed by atoms with E-state index in [0.29, 0.717) is 41.0 Å². The van der Waals surface area contributed by atoms with Crippen molar-refractivity contribution in [3.05, 3.63) is 47.4 Å². The fourth-order valence-corrected chi connectivity index (χ4v) is 3.58. The highest BCUT2D eigenvalue weighted by molar-refractivity contribution is 6.30. The molecule has 1 unspecified atom stereocenters. The quantitative estimate of drug-likeness (QED) is 0.623. The van der Waals surface area contributed by atoms with E-state index in [1.54, 1.807) is 37.3 Å². The molecule has 1 atom stereocenters. The summed E-state index contributed by atoms with van der Waals surface area (Å²) in [5, 5.41) is 7.59. The van der Waals surface area contributed by atoms with E-state index in [0.717, 1.165) is 18.4 Å². The van der Waals surface area contributed by atoms with Crippen LogP contribution in [0.25, 0.3) is 11.3 Å². The summed E-state index contributed by atoms with van der Waals surface area (Å²) in [6.45, 7) is 1.07. The van der Waals surface area contributed by atoms with Gasteiger partial charge in [-0.3, -0.25) is 9.89 Å². The highest BCUT2D eigenvalue weighted by Crippen LogP contribution is 2.32. The molecule has 2 aromatic heterocycles. The first-order chi connectivity index (χ1) is 15.1. The van der Waals surface area contributed by atoms with Crippen LogP contribution in [0.2, 0.25) is 5.02 Å². The van der Waals surface area contributed by atoms with Crippen molar-refractivity contribution in [1.29, 1.82) is 0 Å². The molecule has 1 amide bonds. The lowest BCUT2D eigenvalue weighted by Crippen LogP contribution is -2.44. The lowest BCUT2D eigenvalue weighted by Gasteiger charge is -2.32. The molecule has 0 radical (unpaired) electrons. The number of nitrogens with zero attached hydrogens (tertiary/aromatic N) is 4. The molecule has 3 heterocycles. The van der Waals surface area contributed by atoms with E-state index in [4.69, 9.17) is 25.8 Å². The number of halogens is 1. The molecule has 4 rings (SSSR count). The number of benzene rings is 1. The number of carbonyl (C=O) groups excluding carboxylic acids is 1. The maximum Gasteiger partial charge on any atom is 0.316 e. The first-order valence-electron chi connectivity index (χ1n) is 9.78. The molecular weight excluding hydrogens is 422 g/mol. The summed E-state index contributed by atoms with van der Waals surface area (Å²) in [7, 11) is 3.18. The number of H-pyrrole nitrogens is 1. The third kappa shape index (κ3) is 4.72. The number of nitrogens with one attached hydrogen (secondary N) is 1. The normalized spacial score (nSPS) is 16.1. The standard InChI is InChI=1S/C21H22ClN5O4/c1-29-14-5-6-19(30-2)16(8-14)17-9-18(26-25-17)20(28)27-7-3-4-15(12-27)31-21-23-10-13(22)11-24-21/h5-6,8-11,15H,3-4,7,12H2,1-2H3,(H,25,26). The summed E-state index contributed by atoms with van der Waals surface area (Å²) >= 11 is 5.81. The van der Waals surface area contributed by atoms with Crippen LogP contribution in [0.15, 0.2) is 36.7 Å². The van der Waals surface area contributed by atoms with Gasteiger partial charge in [0, 0.05) is 12.1 Å². The number of likely N-dealkylation sites (tertiary alicyclic amines) is 1. The van der Waals surface area contributed by atoms with Gasteiger partial charge in [-0.2, -0.15) is 5.10 Å². The number of amides is 1. The SMILES string of the molecule is COc1ccc(OC)c(-c2cc(C(=O)N3CCCC(Oc4ncc(Cl)cn4)C3)[nH]n2)c1. The summed E-state index contributed by atoms with van der Waals surface area (Å²) in [6, 6.07) is 7.39. The molecule has 1 N–H and O–H groups in total. The molecule has 0 saturated carbocycles. The summed E-state index contributed by atoms with van der Waals surface area (Å²) in [6.07, 6.45) is 4.39. The monoisotopic (exact) mass is 443 g/mol. The maximum atomic E-state index is 13.1. The van der Waals surface area contributed by atoms with E-state index in [1.807, 2.05) is 6.07 Å². The van der Waals surface area contributed by atoms with Crippen molar-refractivity contribution in [2.24, 2.45) is 0 Å². The van der Waals surface area contributed by atoms with Gasteiger partial charge < -0.3 is 19.1 Å². The van der Waals surface area contributed by atoms with Crippen molar-refractivity contribution in [2.45, 2.75) is 18.9 Å². The van der Waals surface area contributed by atoms with Gasteiger partial charge in [0.25, 0.3) is 5.91 Å². The van der Waals surface area contributed by atoms with E-state index in [2.05, 4.69) is 20.2 Å². The molecule has 1 aliphatic heterocycles. The van der Waals surface area contributed by atoms with Crippen LogP contribution < -0.4 is 14.2 Å². The van der Waals surface area contributed by atoms with Crippen LogP contribution in [-0.4, -0.2) is 64.4 Å². The Labute approximate surface area is 184 Å². The minimum Gasteiger partial charge on any atom is -0.497 e. The highest BCUT2D eigenvalue weighted by atomic mass is 35.5. The molecule has 1 aliphatic rings. The Morgan fingerprint density at radius 2 is 2.00 bits per heavy atom. The number of carbonyl (C=O) groups is 1. The zero-order valence-corrected chi connectivity index (χ0v) is 17.9. The lowest BCUT2D eigenvalue weighted by atomic mass is 10.1. The Kier molecular flexibility index (Phi) is 6.22. The summed E-state index contributed by atoms with van der Waals surface area (Å²) in [5.74, 6) is 1.17. The Morgan fingerprint density at radius 1 is 1.19 bits per heavy atom. The molecule has 0 spiro atoms. The molecular formula is C21H22ClN5O4. The van der Waals surface area contributed by atoms with Gasteiger partial charge in [-0.25, -0.2) is 9.97 Å². The van der Waals surface area contributed by atoms with Crippen LogP contribution in [0.4, 0.5) is 0 Å². The molecule has 162 valence electrons. The van der Waals surface area contributed by atoms with Gasteiger partial charge in [0.2, 0.25) is 0 Å². The third-order valence-electron chi connectivity index (χ3n) is 5.02. The zero-order valence-electron chi connectivity index (χ0n) is 17.2. The Morgan fingerprint density at radius 3 is 2.74 bits per heavy atom. The first-order valence-corrected chi connectivity index (χ1v) is 10.2. The van der Waals surface area contributed by atoms with Gasteiger partial charge in [0.15, 0.2) is 0 Å². The van der Waals surface area contributed by atoms with E-state index in [9.17, 15) is 4.79 Å². The average molecular weight is 444 g/mol. The number of methoxy groups -OCH3 is 2. The second-order valence-electron chi connectivity index (χ2n) is 7.05. The van der Waals surface area contributed by atoms with E-state index >= 15 is 0 Å². The van der Waals surface area contributed by atoms with Crippen LogP contribution in [0.5, 0.6) is 17.5 Å². The lowest BCUT2D eigenvalue weighted by molar-refractivity contribution is 0.0510. The van der Waals surface area contributed by atoms with Gasteiger partial charge in [0.1, 0.15) is 23.3 Å². The molecule has 1 fully saturated rings. The van der Waals surface area contributed by atoms with Crippen LogP contribution in [0.1, 0.15) is 23.3 Å². The van der Waals surface area contributed by atoms with Gasteiger partial charge >= 0.3 is 6.01 Å². The predicted octanol–water partition coefficient (Wildman–Crippen LogP) is 3.22. The molecule has 3 aromatic rings. The van der Waals surface area contributed by atoms with Crippen molar-refractivity contribution in [2.75, 3.05) is 27.3 Å². The number of piperidine rings is 1. The van der Waals surface area contributed by atoms with Gasteiger partial charge in [-0.1, -0.05) is 11.6 Å². The number of hydrogen-bond donors (Lipinski definition) is 1. The Hall–Kier alpha value is -3.33. The van der Waals surface area contributed by atoms with E-state index in [-0.39, 0.29) is 18.0 Å². The summed E-state index contributed by atoms with van der Waals surface area (Å²) < 4.78 is 16.5. The fraction of sp³-hybridized carbons (Fsp3) is 0.333. The second-order valence-corrected chi connectivity index (χ2v) is 7.49. The number of aromatic nitrogens is 4. The number of ether oxygens (including phenoxy) is 3. The third-order valence-corrected chi connectivity index (χ3v) is 5.22. The largest absolute Gasteiger partial charge is 0.497 e. The maximum absolute atomic E-state index is 13.1. The molecule has 1 aromatic carbocycles. The van der Waals surface area contributed by atoms with Crippen molar-refractivity contribution in [3.63, 3.8) is 0 Å². The smallest absolute Gasteiger partial charge is 0.316 e. The summed E-state index contributed by atoms with van der Waals surface area (Å²) in [4.78, 5) is 22.9. The van der Waals surface area contributed by atoms with Crippen molar-refractivity contribution < 1.29 is 19.0 Å².